The van der Waals surface area contributed by atoms with Crippen molar-refractivity contribution in [3.05, 3.63) is 90.5 Å². The summed E-state index contributed by atoms with van der Waals surface area (Å²) in [4.78, 5) is 57.1. The largest absolute Gasteiger partial charge is 0.505 e. The van der Waals surface area contributed by atoms with Gasteiger partial charge in [0.2, 0.25) is 9.84 Å². The number of esters is 2. The summed E-state index contributed by atoms with van der Waals surface area (Å²) < 4.78 is 30.6. The van der Waals surface area contributed by atoms with Gasteiger partial charge in [0.25, 0.3) is 11.8 Å². The summed E-state index contributed by atoms with van der Waals surface area (Å²) in [5.41, 5.74) is 5.18. The fourth-order valence-electron chi connectivity index (χ4n) is 4.30. The number of nitrogens with two attached hydrogens (primary N) is 1. The fraction of sp³-hybridized carbons (Fsp3) is 0.0667. The number of hydrogen-bond acceptors (Lipinski definition) is 12. The molecule has 228 valence electrons. The fourth-order valence-corrected chi connectivity index (χ4v) is 5.60. The minimum Gasteiger partial charge on any atom is -0.505 e. The lowest BCUT2D eigenvalue weighted by Crippen LogP contribution is -2.36. The van der Waals surface area contributed by atoms with Crippen LogP contribution >= 0.6 is 0 Å². The number of rotatable bonds is 8. The molecular formula is C30H23N5O9S. The topological polar surface area (TPSA) is 228 Å². The lowest BCUT2D eigenvalue weighted by Gasteiger charge is -2.10. The van der Waals surface area contributed by atoms with Gasteiger partial charge in [0.05, 0.1) is 9.79 Å². The number of ether oxygens (including phenoxy) is 1. The van der Waals surface area contributed by atoms with Crippen molar-refractivity contribution in [2.45, 2.75) is 9.79 Å². The van der Waals surface area contributed by atoms with Crippen LogP contribution in [-0.2, 0) is 24.2 Å². The molecule has 0 radical (unpaired) electrons. The molecule has 0 fully saturated rings. The summed E-state index contributed by atoms with van der Waals surface area (Å²) in [6.45, 7) is -1.58. The SMILES string of the molecule is Nc1ccc2cnc(C(=O)NCC(=O)OC(=O)CNC(=O)c3ncc4ccc(S(=O)(=O)c5ccccc5)cc4c3O)c(O)c2c1. The van der Waals surface area contributed by atoms with Gasteiger partial charge in [-0.05, 0) is 36.4 Å². The third-order valence-corrected chi connectivity index (χ3v) is 8.30. The Bertz CT molecular complexity index is 2120. The van der Waals surface area contributed by atoms with E-state index >= 15 is 0 Å². The summed E-state index contributed by atoms with van der Waals surface area (Å²) >= 11 is 0. The average Bonchev–Trinajstić information content (AvgIpc) is 3.03. The first-order valence-electron chi connectivity index (χ1n) is 13.0. The Morgan fingerprint density at radius 1 is 0.711 bits per heavy atom. The van der Waals surface area contributed by atoms with Crippen molar-refractivity contribution in [3.63, 3.8) is 0 Å². The van der Waals surface area contributed by atoms with E-state index in [1.54, 1.807) is 30.3 Å². The molecule has 0 spiro atoms. The number of aromatic nitrogens is 2. The van der Waals surface area contributed by atoms with E-state index in [0.717, 1.165) is 0 Å². The molecule has 0 bridgehead atoms. The molecule has 0 unspecified atom stereocenters. The molecular weight excluding hydrogens is 606 g/mol. The van der Waals surface area contributed by atoms with Crippen molar-refractivity contribution >= 4 is 60.8 Å². The maximum absolute atomic E-state index is 13.0. The van der Waals surface area contributed by atoms with Crippen LogP contribution in [0.4, 0.5) is 5.69 Å². The molecule has 2 heterocycles. The predicted molar refractivity (Wildman–Crippen MR) is 159 cm³/mol. The summed E-state index contributed by atoms with van der Waals surface area (Å²) in [5.74, 6) is -5.39. The van der Waals surface area contributed by atoms with Gasteiger partial charge >= 0.3 is 11.9 Å². The van der Waals surface area contributed by atoms with Gasteiger partial charge in [-0.3, -0.25) is 9.59 Å². The van der Waals surface area contributed by atoms with E-state index in [2.05, 4.69) is 25.3 Å². The first kappa shape index (κ1) is 30.4. The molecule has 6 N–H and O–H groups in total. The van der Waals surface area contributed by atoms with Crippen LogP contribution in [0, 0.1) is 0 Å². The monoisotopic (exact) mass is 629 g/mol. The van der Waals surface area contributed by atoms with E-state index in [9.17, 15) is 37.8 Å². The van der Waals surface area contributed by atoms with E-state index in [1.807, 2.05) is 0 Å². The normalized spacial score (nSPS) is 11.2. The van der Waals surface area contributed by atoms with Crippen molar-refractivity contribution in [2.24, 2.45) is 0 Å². The van der Waals surface area contributed by atoms with E-state index in [-0.39, 0.29) is 26.3 Å². The molecule has 2 aromatic heterocycles. The quantitative estimate of drug-likeness (QED) is 0.0941. The van der Waals surface area contributed by atoms with E-state index in [4.69, 9.17) is 5.73 Å². The van der Waals surface area contributed by atoms with Crippen LogP contribution in [0.2, 0.25) is 0 Å². The number of nitrogens with zero attached hydrogens (tertiary/aromatic N) is 2. The van der Waals surface area contributed by atoms with Crippen LogP contribution in [0.5, 0.6) is 11.5 Å². The molecule has 0 aliphatic rings. The molecule has 0 saturated heterocycles. The number of fused-ring (bicyclic) bond motifs is 2. The molecule has 0 aliphatic heterocycles. The van der Waals surface area contributed by atoms with Gasteiger partial charge in [0.15, 0.2) is 22.9 Å². The average molecular weight is 630 g/mol. The number of amides is 2. The number of carbonyl (C=O) groups is 4. The summed E-state index contributed by atoms with van der Waals surface area (Å²) in [5, 5.41) is 26.6. The van der Waals surface area contributed by atoms with Crippen molar-refractivity contribution in [1.29, 1.82) is 0 Å². The minimum atomic E-state index is -3.92. The Kier molecular flexibility index (Phi) is 8.27. The maximum atomic E-state index is 13.0. The van der Waals surface area contributed by atoms with Crippen LogP contribution in [-0.4, -0.2) is 65.4 Å². The number of nitrogen functional groups attached to an aromatic ring is 1. The van der Waals surface area contributed by atoms with Gasteiger partial charge in [-0.1, -0.05) is 30.3 Å². The summed E-state index contributed by atoms with van der Waals surface area (Å²) in [6, 6.07) is 16.3. The van der Waals surface area contributed by atoms with Gasteiger partial charge in [-0.2, -0.15) is 0 Å². The zero-order valence-electron chi connectivity index (χ0n) is 23.1. The Morgan fingerprint density at radius 2 is 1.22 bits per heavy atom. The van der Waals surface area contributed by atoms with Crippen molar-refractivity contribution in [2.75, 3.05) is 18.8 Å². The zero-order valence-corrected chi connectivity index (χ0v) is 23.9. The van der Waals surface area contributed by atoms with Gasteiger partial charge in [-0.15, -0.1) is 0 Å². The second kappa shape index (κ2) is 12.3. The molecule has 14 nitrogen and oxygen atoms in total. The standard InChI is InChI=1S/C30H23N5O9S/c31-18-8-6-16-12-32-25(27(38)21(16)10-18)29(40)34-14-23(36)44-24(37)15-35-30(41)26-28(39)22-11-20(9-7-17(22)13-33-26)45(42,43)19-4-2-1-3-5-19/h1-13,38-39H,14-15,31H2,(H,34,40)(H,35,41). The number of aromatic hydroxyl groups is 2. The number of sulfone groups is 1. The van der Waals surface area contributed by atoms with Gasteiger partial charge in [0, 0.05) is 39.6 Å². The second-order valence-corrected chi connectivity index (χ2v) is 11.5. The number of benzene rings is 3. The Labute approximate surface area is 254 Å². The molecule has 5 aromatic rings. The number of hydrogen-bond donors (Lipinski definition) is 5. The Balaban J connectivity index is 1.19. The third-order valence-electron chi connectivity index (χ3n) is 6.53. The lowest BCUT2D eigenvalue weighted by molar-refractivity contribution is -0.158. The molecule has 2 amide bonds. The van der Waals surface area contributed by atoms with Crippen LogP contribution in [0.25, 0.3) is 21.5 Å². The van der Waals surface area contributed by atoms with Crippen LogP contribution in [0.1, 0.15) is 21.0 Å². The molecule has 0 saturated carbocycles. The first-order chi connectivity index (χ1) is 21.5. The van der Waals surface area contributed by atoms with Crippen molar-refractivity contribution in [3.8, 4) is 11.5 Å². The predicted octanol–water partition coefficient (Wildman–Crippen LogP) is 1.84. The Morgan fingerprint density at radius 3 is 1.78 bits per heavy atom. The van der Waals surface area contributed by atoms with Crippen molar-refractivity contribution < 1.29 is 42.5 Å². The van der Waals surface area contributed by atoms with Gasteiger partial charge < -0.3 is 31.3 Å². The van der Waals surface area contributed by atoms with E-state index < -0.39 is 63.9 Å². The van der Waals surface area contributed by atoms with Gasteiger partial charge in [-0.25, -0.2) is 28.0 Å². The highest BCUT2D eigenvalue weighted by atomic mass is 32.2. The van der Waals surface area contributed by atoms with E-state index in [0.29, 0.717) is 16.5 Å². The zero-order chi connectivity index (χ0) is 32.3. The highest BCUT2D eigenvalue weighted by Crippen LogP contribution is 2.31. The molecule has 15 heteroatoms. The maximum Gasteiger partial charge on any atom is 0.333 e. The van der Waals surface area contributed by atoms with Crippen LogP contribution in [0.15, 0.2) is 88.9 Å². The number of nitrogens with one attached hydrogen (secondary N) is 2. The highest BCUT2D eigenvalue weighted by Gasteiger charge is 2.22. The lowest BCUT2D eigenvalue weighted by atomic mass is 10.1. The van der Waals surface area contributed by atoms with E-state index in [1.165, 1.54) is 48.8 Å². The second-order valence-electron chi connectivity index (χ2n) is 9.53. The first-order valence-corrected chi connectivity index (χ1v) is 14.5. The molecule has 3 aromatic carbocycles. The van der Waals surface area contributed by atoms with Crippen LogP contribution in [0.3, 0.4) is 0 Å². The summed E-state index contributed by atoms with van der Waals surface area (Å²) in [6.07, 6.45) is 2.58. The summed E-state index contributed by atoms with van der Waals surface area (Å²) in [7, 11) is -3.92. The molecule has 5 rings (SSSR count). The minimum absolute atomic E-state index is 0.0241. The van der Waals surface area contributed by atoms with Gasteiger partial charge in [0.1, 0.15) is 13.1 Å². The Hall–Kier alpha value is -6.09. The van der Waals surface area contributed by atoms with Crippen LogP contribution < -0.4 is 16.4 Å². The molecule has 0 atom stereocenters. The highest BCUT2D eigenvalue weighted by molar-refractivity contribution is 7.91. The molecule has 0 aliphatic carbocycles. The molecule has 45 heavy (non-hydrogen) atoms. The smallest absolute Gasteiger partial charge is 0.333 e. The van der Waals surface area contributed by atoms with Crippen molar-refractivity contribution in [1.82, 2.24) is 20.6 Å². The number of anilines is 1. The third kappa shape index (κ3) is 6.33. The number of pyridine rings is 2. The number of carbonyl (C=O) groups excluding carboxylic acids is 4.